The molecule has 2 aromatic heterocycles. The highest BCUT2D eigenvalue weighted by atomic mass is 16.3. The van der Waals surface area contributed by atoms with Gasteiger partial charge in [0.2, 0.25) is 0 Å². The maximum absolute atomic E-state index is 12.5. The largest absolute Gasteiger partial charge is 0.396 e. The first-order valence-corrected chi connectivity index (χ1v) is 7.40. The number of pyridine rings is 1. The molecule has 1 amide bonds. The number of amides is 1. The summed E-state index contributed by atoms with van der Waals surface area (Å²) < 4.78 is 0. The van der Waals surface area contributed by atoms with Crippen LogP contribution in [0.1, 0.15) is 23.3 Å². The van der Waals surface area contributed by atoms with Crippen LogP contribution in [0.5, 0.6) is 0 Å². The minimum Gasteiger partial charge on any atom is -0.396 e. The average Bonchev–Trinajstić information content (AvgIpc) is 2.62. The highest BCUT2D eigenvalue weighted by Crippen LogP contribution is 2.19. The number of carbonyl (C=O) groups excluding carboxylic acids is 1. The molecule has 0 spiro atoms. The van der Waals surface area contributed by atoms with E-state index in [0.29, 0.717) is 30.4 Å². The highest BCUT2D eigenvalue weighted by molar-refractivity contribution is 5.92. The summed E-state index contributed by atoms with van der Waals surface area (Å²) in [5.41, 5.74) is 1.91. The first kappa shape index (κ1) is 14.6. The molecule has 0 radical (unpaired) electrons. The molecule has 1 aliphatic heterocycles. The zero-order chi connectivity index (χ0) is 15.4. The Labute approximate surface area is 128 Å². The Morgan fingerprint density at radius 3 is 2.64 bits per heavy atom. The van der Waals surface area contributed by atoms with Gasteiger partial charge in [0.05, 0.1) is 5.69 Å². The molecule has 0 saturated carbocycles. The normalized spacial score (nSPS) is 15.8. The molecule has 1 fully saturated rings. The molecule has 1 N–H and O–H groups in total. The lowest BCUT2D eigenvalue weighted by Crippen LogP contribution is -2.39. The number of aliphatic hydroxyl groups is 1. The van der Waals surface area contributed by atoms with Crippen LogP contribution in [-0.2, 0) is 0 Å². The number of rotatable bonds is 3. The fraction of sp³-hybridized carbons (Fsp3) is 0.375. The number of hydrogen-bond acceptors (Lipinski definition) is 5. The molecule has 0 atom stereocenters. The van der Waals surface area contributed by atoms with Gasteiger partial charge in [-0.25, -0.2) is 15.0 Å². The van der Waals surface area contributed by atoms with Gasteiger partial charge >= 0.3 is 0 Å². The molecule has 6 heteroatoms. The topological polar surface area (TPSA) is 79.2 Å². The molecule has 22 heavy (non-hydrogen) atoms. The number of carbonyl (C=O) groups is 1. The lowest BCUT2D eigenvalue weighted by atomic mass is 9.98. The van der Waals surface area contributed by atoms with E-state index in [-0.39, 0.29) is 12.5 Å². The van der Waals surface area contributed by atoms with Crippen LogP contribution in [-0.4, -0.2) is 50.6 Å². The number of nitrogens with zero attached hydrogens (tertiary/aromatic N) is 4. The molecule has 0 bridgehead atoms. The molecule has 2 aromatic rings. The summed E-state index contributed by atoms with van der Waals surface area (Å²) >= 11 is 0. The molecule has 0 aromatic carbocycles. The molecule has 1 aliphatic rings. The fourth-order valence-electron chi connectivity index (χ4n) is 2.63. The van der Waals surface area contributed by atoms with E-state index in [1.165, 1.54) is 6.33 Å². The van der Waals surface area contributed by atoms with Crippen molar-refractivity contribution in [2.24, 2.45) is 5.92 Å². The standard InChI is InChI=1S/C16H18N4O2/c21-10-12-4-6-20(7-5-12)16(22)15-3-1-2-14(19-15)13-8-17-11-18-9-13/h1-3,8-9,11-12,21H,4-7,10H2. The summed E-state index contributed by atoms with van der Waals surface area (Å²) in [5.74, 6) is 0.250. The van der Waals surface area contributed by atoms with Crippen molar-refractivity contribution in [3.05, 3.63) is 42.6 Å². The van der Waals surface area contributed by atoms with Crippen LogP contribution in [0.2, 0.25) is 0 Å². The van der Waals surface area contributed by atoms with Crippen molar-refractivity contribution in [2.75, 3.05) is 19.7 Å². The Balaban J connectivity index is 1.76. The van der Waals surface area contributed by atoms with E-state index < -0.39 is 0 Å². The Kier molecular flexibility index (Phi) is 4.39. The Morgan fingerprint density at radius 1 is 1.23 bits per heavy atom. The third-order valence-electron chi connectivity index (χ3n) is 3.98. The maximum Gasteiger partial charge on any atom is 0.272 e. The molecule has 0 unspecified atom stereocenters. The van der Waals surface area contributed by atoms with Gasteiger partial charge in [-0.05, 0) is 30.9 Å². The molecule has 0 aliphatic carbocycles. The number of hydrogen-bond donors (Lipinski definition) is 1. The minimum absolute atomic E-state index is 0.0601. The first-order valence-electron chi connectivity index (χ1n) is 7.40. The number of aliphatic hydroxyl groups excluding tert-OH is 1. The van der Waals surface area contributed by atoms with Crippen molar-refractivity contribution in [1.82, 2.24) is 19.9 Å². The van der Waals surface area contributed by atoms with Gasteiger partial charge in [0.1, 0.15) is 12.0 Å². The monoisotopic (exact) mass is 298 g/mol. The Morgan fingerprint density at radius 2 is 1.95 bits per heavy atom. The number of piperidine rings is 1. The quantitative estimate of drug-likeness (QED) is 0.926. The molecule has 6 nitrogen and oxygen atoms in total. The van der Waals surface area contributed by atoms with Crippen molar-refractivity contribution in [2.45, 2.75) is 12.8 Å². The summed E-state index contributed by atoms with van der Waals surface area (Å²) in [6.07, 6.45) is 6.50. The molecular formula is C16H18N4O2. The van der Waals surface area contributed by atoms with Crippen LogP contribution in [0.15, 0.2) is 36.9 Å². The zero-order valence-electron chi connectivity index (χ0n) is 12.2. The smallest absolute Gasteiger partial charge is 0.272 e. The van der Waals surface area contributed by atoms with Crippen LogP contribution in [0.3, 0.4) is 0 Å². The van der Waals surface area contributed by atoms with Crippen molar-refractivity contribution in [3.63, 3.8) is 0 Å². The lowest BCUT2D eigenvalue weighted by molar-refractivity contribution is 0.0645. The van der Waals surface area contributed by atoms with E-state index in [9.17, 15) is 4.79 Å². The van der Waals surface area contributed by atoms with Crippen LogP contribution >= 0.6 is 0 Å². The van der Waals surface area contributed by atoms with Crippen molar-refractivity contribution >= 4 is 5.91 Å². The lowest BCUT2D eigenvalue weighted by Gasteiger charge is -2.30. The highest BCUT2D eigenvalue weighted by Gasteiger charge is 2.24. The third kappa shape index (κ3) is 3.12. The SMILES string of the molecule is O=C(c1cccc(-c2cncnc2)n1)N1CCC(CO)CC1. The summed E-state index contributed by atoms with van der Waals surface area (Å²) in [5, 5.41) is 9.17. The summed E-state index contributed by atoms with van der Waals surface area (Å²) in [6, 6.07) is 5.39. The van der Waals surface area contributed by atoms with Gasteiger partial charge in [0.25, 0.3) is 5.91 Å². The van der Waals surface area contributed by atoms with Gasteiger partial charge < -0.3 is 10.0 Å². The van der Waals surface area contributed by atoms with Gasteiger partial charge in [0, 0.05) is 37.7 Å². The average molecular weight is 298 g/mol. The summed E-state index contributed by atoms with van der Waals surface area (Å²) in [4.78, 5) is 26.7. The Bertz CT molecular complexity index is 640. The molecular weight excluding hydrogens is 280 g/mol. The van der Waals surface area contributed by atoms with E-state index in [0.717, 1.165) is 18.4 Å². The van der Waals surface area contributed by atoms with E-state index in [1.54, 1.807) is 23.4 Å². The predicted molar refractivity (Wildman–Crippen MR) is 81.0 cm³/mol. The van der Waals surface area contributed by atoms with E-state index in [1.807, 2.05) is 12.1 Å². The van der Waals surface area contributed by atoms with Crippen molar-refractivity contribution in [1.29, 1.82) is 0 Å². The maximum atomic E-state index is 12.5. The van der Waals surface area contributed by atoms with Crippen LogP contribution in [0.25, 0.3) is 11.3 Å². The van der Waals surface area contributed by atoms with Gasteiger partial charge in [-0.2, -0.15) is 0 Å². The van der Waals surface area contributed by atoms with Crippen molar-refractivity contribution in [3.8, 4) is 11.3 Å². The van der Waals surface area contributed by atoms with Gasteiger partial charge in [-0.15, -0.1) is 0 Å². The molecule has 1 saturated heterocycles. The molecule has 3 rings (SSSR count). The summed E-state index contributed by atoms with van der Waals surface area (Å²) in [6.45, 7) is 1.54. The second kappa shape index (κ2) is 6.62. The zero-order valence-corrected chi connectivity index (χ0v) is 12.2. The summed E-state index contributed by atoms with van der Waals surface area (Å²) in [7, 11) is 0. The van der Waals surface area contributed by atoms with E-state index in [2.05, 4.69) is 15.0 Å². The minimum atomic E-state index is -0.0601. The number of aromatic nitrogens is 3. The van der Waals surface area contributed by atoms with Crippen molar-refractivity contribution < 1.29 is 9.90 Å². The van der Waals surface area contributed by atoms with Crippen LogP contribution in [0.4, 0.5) is 0 Å². The Hall–Kier alpha value is -2.34. The van der Waals surface area contributed by atoms with E-state index >= 15 is 0 Å². The predicted octanol–water partition coefficient (Wildman–Crippen LogP) is 1.38. The van der Waals surface area contributed by atoms with Gasteiger partial charge in [0.15, 0.2) is 0 Å². The van der Waals surface area contributed by atoms with Gasteiger partial charge in [-0.1, -0.05) is 6.07 Å². The van der Waals surface area contributed by atoms with Gasteiger partial charge in [-0.3, -0.25) is 4.79 Å². The second-order valence-corrected chi connectivity index (χ2v) is 5.45. The fourth-order valence-corrected chi connectivity index (χ4v) is 2.63. The molecule has 114 valence electrons. The van der Waals surface area contributed by atoms with E-state index in [4.69, 9.17) is 5.11 Å². The molecule has 3 heterocycles. The number of likely N-dealkylation sites (tertiary alicyclic amines) is 1. The van der Waals surface area contributed by atoms with Crippen LogP contribution in [0, 0.1) is 5.92 Å². The second-order valence-electron chi connectivity index (χ2n) is 5.45. The third-order valence-corrected chi connectivity index (χ3v) is 3.98. The first-order chi connectivity index (χ1) is 10.8. The van der Waals surface area contributed by atoms with Crippen LogP contribution < -0.4 is 0 Å².